The van der Waals surface area contributed by atoms with Crippen molar-refractivity contribution in [2.75, 3.05) is 21.3 Å². The number of amides is 1. The highest BCUT2D eigenvalue weighted by molar-refractivity contribution is 5.81. The summed E-state index contributed by atoms with van der Waals surface area (Å²) in [5.74, 6) is 1.23. The average molecular weight is 413 g/mol. The molecule has 0 aliphatic carbocycles. The van der Waals surface area contributed by atoms with Gasteiger partial charge >= 0.3 is 5.69 Å². The molecule has 30 heavy (non-hydrogen) atoms. The smallest absolute Gasteiger partial charge is 0.328 e. The first kappa shape index (κ1) is 21.0. The van der Waals surface area contributed by atoms with Crippen molar-refractivity contribution in [3.8, 4) is 17.2 Å². The topological polar surface area (TPSA) is 112 Å². The molecule has 0 aliphatic heterocycles. The zero-order chi connectivity index (χ0) is 21.7. The van der Waals surface area contributed by atoms with Gasteiger partial charge in [0.05, 0.1) is 32.2 Å². The first-order chi connectivity index (χ1) is 14.5. The highest BCUT2D eigenvalue weighted by atomic mass is 16.5. The van der Waals surface area contributed by atoms with Gasteiger partial charge in [0.15, 0.2) is 11.5 Å². The van der Waals surface area contributed by atoms with Gasteiger partial charge in [-0.2, -0.15) is 0 Å². The number of carbonyl (C=O) groups is 1. The molecule has 0 radical (unpaired) electrons. The number of hydrogen-bond donors (Lipinski definition) is 2. The summed E-state index contributed by atoms with van der Waals surface area (Å²) in [6.07, 6.45) is -0.0159. The SMILES string of the molecule is COc1ccc(CNC(=O)CCn2c(=O)[nH]c3cc(OC)c(OC)cc3c2=O)cc1. The van der Waals surface area contributed by atoms with Gasteiger partial charge in [-0.05, 0) is 23.8 Å². The highest BCUT2D eigenvalue weighted by Gasteiger charge is 2.13. The molecule has 9 nitrogen and oxygen atoms in total. The Morgan fingerprint density at radius 2 is 1.67 bits per heavy atom. The Kier molecular flexibility index (Phi) is 6.41. The Labute approximate surface area is 172 Å². The molecule has 3 rings (SSSR count). The van der Waals surface area contributed by atoms with Gasteiger partial charge in [-0.25, -0.2) is 4.79 Å². The van der Waals surface area contributed by atoms with Gasteiger partial charge in [0.1, 0.15) is 5.75 Å². The number of aromatic amines is 1. The summed E-state index contributed by atoms with van der Waals surface area (Å²) in [4.78, 5) is 40.0. The summed E-state index contributed by atoms with van der Waals surface area (Å²) in [7, 11) is 4.51. The molecule has 1 heterocycles. The fraction of sp³-hybridized carbons (Fsp3) is 0.286. The maximum absolute atomic E-state index is 12.8. The summed E-state index contributed by atoms with van der Waals surface area (Å²) in [6, 6.07) is 10.3. The third-order valence-electron chi connectivity index (χ3n) is 4.70. The van der Waals surface area contributed by atoms with Crippen molar-refractivity contribution in [2.45, 2.75) is 19.5 Å². The minimum absolute atomic E-state index is 0.0159. The number of methoxy groups -OCH3 is 3. The molecule has 0 aliphatic rings. The van der Waals surface area contributed by atoms with Crippen LogP contribution in [0, 0.1) is 0 Å². The molecule has 0 fully saturated rings. The highest BCUT2D eigenvalue weighted by Crippen LogP contribution is 2.29. The summed E-state index contributed by atoms with van der Waals surface area (Å²) in [5, 5.41) is 3.04. The fourth-order valence-corrected chi connectivity index (χ4v) is 3.03. The average Bonchev–Trinajstić information content (AvgIpc) is 2.77. The lowest BCUT2D eigenvalue weighted by molar-refractivity contribution is -0.121. The summed E-state index contributed by atoms with van der Waals surface area (Å²) in [5.41, 5.74) is 0.147. The zero-order valence-corrected chi connectivity index (χ0v) is 17.0. The van der Waals surface area contributed by atoms with E-state index in [9.17, 15) is 14.4 Å². The Bertz CT molecular complexity index is 1160. The standard InChI is InChI=1S/C21H23N3O6/c1-28-14-6-4-13(5-7-14)12-22-19(25)8-9-24-20(26)15-10-17(29-2)18(30-3)11-16(15)23-21(24)27/h4-7,10-11H,8-9,12H2,1-3H3,(H,22,25)(H,23,27). The van der Waals surface area contributed by atoms with Crippen LogP contribution in [0.1, 0.15) is 12.0 Å². The van der Waals surface area contributed by atoms with Crippen LogP contribution in [0.25, 0.3) is 10.9 Å². The lowest BCUT2D eigenvalue weighted by Gasteiger charge is -2.11. The van der Waals surface area contributed by atoms with Gasteiger partial charge in [-0.15, -0.1) is 0 Å². The molecule has 9 heteroatoms. The molecule has 0 spiro atoms. The second kappa shape index (κ2) is 9.17. The number of ether oxygens (including phenoxy) is 3. The Morgan fingerprint density at radius 3 is 2.30 bits per heavy atom. The van der Waals surface area contributed by atoms with E-state index in [1.165, 1.54) is 26.4 Å². The molecule has 1 aromatic heterocycles. The maximum Gasteiger partial charge on any atom is 0.328 e. The van der Waals surface area contributed by atoms with Crippen molar-refractivity contribution < 1.29 is 19.0 Å². The van der Waals surface area contributed by atoms with Crippen LogP contribution in [-0.2, 0) is 17.9 Å². The number of nitrogens with one attached hydrogen (secondary N) is 2. The first-order valence-electron chi connectivity index (χ1n) is 9.25. The maximum atomic E-state index is 12.8. The molecular weight excluding hydrogens is 390 g/mol. The molecular formula is C21H23N3O6. The van der Waals surface area contributed by atoms with Crippen LogP contribution in [0.15, 0.2) is 46.0 Å². The summed E-state index contributed by atoms with van der Waals surface area (Å²) >= 11 is 0. The number of rotatable bonds is 8. The van der Waals surface area contributed by atoms with E-state index in [-0.39, 0.29) is 24.3 Å². The fourth-order valence-electron chi connectivity index (χ4n) is 3.03. The van der Waals surface area contributed by atoms with Crippen molar-refractivity contribution in [1.82, 2.24) is 14.9 Å². The number of H-pyrrole nitrogens is 1. The van der Waals surface area contributed by atoms with E-state index < -0.39 is 11.2 Å². The third-order valence-corrected chi connectivity index (χ3v) is 4.70. The second-order valence-electron chi connectivity index (χ2n) is 6.51. The Morgan fingerprint density at radius 1 is 1.00 bits per heavy atom. The molecule has 2 aromatic carbocycles. The number of fused-ring (bicyclic) bond motifs is 1. The molecule has 3 aromatic rings. The number of hydrogen-bond acceptors (Lipinski definition) is 6. The van der Waals surface area contributed by atoms with E-state index in [2.05, 4.69) is 10.3 Å². The van der Waals surface area contributed by atoms with Crippen LogP contribution >= 0.6 is 0 Å². The van der Waals surface area contributed by atoms with Gasteiger partial charge in [-0.1, -0.05) is 12.1 Å². The van der Waals surface area contributed by atoms with Gasteiger partial charge < -0.3 is 24.5 Å². The number of aromatic nitrogens is 2. The first-order valence-corrected chi connectivity index (χ1v) is 9.25. The molecule has 0 atom stereocenters. The molecule has 0 saturated heterocycles. The molecule has 0 saturated carbocycles. The van der Waals surface area contributed by atoms with Crippen molar-refractivity contribution in [2.24, 2.45) is 0 Å². The van der Waals surface area contributed by atoms with Crippen LogP contribution in [0.3, 0.4) is 0 Å². The van der Waals surface area contributed by atoms with E-state index >= 15 is 0 Å². The van der Waals surface area contributed by atoms with Gasteiger partial charge in [0.25, 0.3) is 5.56 Å². The van der Waals surface area contributed by atoms with Gasteiger partial charge in [-0.3, -0.25) is 14.2 Å². The lowest BCUT2D eigenvalue weighted by Crippen LogP contribution is -2.36. The predicted octanol–water partition coefficient (Wildman–Crippen LogP) is 1.42. The van der Waals surface area contributed by atoms with Crippen molar-refractivity contribution in [3.63, 3.8) is 0 Å². The van der Waals surface area contributed by atoms with Crippen LogP contribution in [-0.4, -0.2) is 36.8 Å². The summed E-state index contributed by atoms with van der Waals surface area (Å²) in [6.45, 7) is 0.287. The van der Waals surface area contributed by atoms with E-state index in [1.807, 2.05) is 12.1 Å². The third kappa shape index (κ3) is 4.45. The number of nitrogens with zero attached hydrogens (tertiary/aromatic N) is 1. The largest absolute Gasteiger partial charge is 0.497 e. The summed E-state index contributed by atoms with van der Waals surface area (Å²) < 4.78 is 16.5. The predicted molar refractivity (Wildman–Crippen MR) is 111 cm³/mol. The zero-order valence-electron chi connectivity index (χ0n) is 17.0. The van der Waals surface area contributed by atoms with Crippen molar-refractivity contribution in [3.05, 3.63) is 62.8 Å². The Balaban J connectivity index is 1.72. The molecule has 0 bridgehead atoms. The minimum atomic E-state index is -0.595. The Hall–Kier alpha value is -3.75. The number of carbonyl (C=O) groups excluding carboxylic acids is 1. The van der Waals surface area contributed by atoms with Crippen LogP contribution in [0.5, 0.6) is 17.2 Å². The normalized spacial score (nSPS) is 10.6. The van der Waals surface area contributed by atoms with Crippen molar-refractivity contribution >= 4 is 16.8 Å². The van der Waals surface area contributed by atoms with Gasteiger partial charge in [0, 0.05) is 25.6 Å². The van der Waals surface area contributed by atoms with E-state index in [0.29, 0.717) is 23.6 Å². The quantitative estimate of drug-likeness (QED) is 0.578. The van der Waals surface area contributed by atoms with E-state index in [1.54, 1.807) is 19.2 Å². The van der Waals surface area contributed by atoms with Crippen molar-refractivity contribution in [1.29, 1.82) is 0 Å². The molecule has 0 unspecified atom stereocenters. The second-order valence-corrected chi connectivity index (χ2v) is 6.51. The van der Waals surface area contributed by atoms with E-state index in [0.717, 1.165) is 15.9 Å². The minimum Gasteiger partial charge on any atom is -0.497 e. The monoisotopic (exact) mass is 413 g/mol. The van der Waals surface area contributed by atoms with E-state index in [4.69, 9.17) is 14.2 Å². The van der Waals surface area contributed by atoms with Crippen LogP contribution < -0.4 is 30.8 Å². The molecule has 1 amide bonds. The lowest BCUT2D eigenvalue weighted by atomic mass is 10.2. The van der Waals surface area contributed by atoms with Gasteiger partial charge in [0.2, 0.25) is 5.91 Å². The number of benzene rings is 2. The molecule has 158 valence electrons. The van der Waals surface area contributed by atoms with Crippen LogP contribution in [0.4, 0.5) is 0 Å². The molecule has 2 N–H and O–H groups in total. The van der Waals surface area contributed by atoms with Crippen LogP contribution in [0.2, 0.25) is 0 Å².